The second-order valence-corrected chi connectivity index (χ2v) is 2.45. The molecule has 2 aromatic heterocycles. The fourth-order valence-corrected chi connectivity index (χ4v) is 1.18. The van der Waals surface area contributed by atoms with Crippen molar-refractivity contribution in [3.05, 3.63) is 24.0 Å². The first kappa shape index (κ1) is 6.68. The van der Waals surface area contributed by atoms with Crippen LogP contribution in [0.15, 0.2) is 18.5 Å². The van der Waals surface area contributed by atoms with E-state index >= 15 is 0 Å². The van der Waals surface area contributed by atoms with Gasteiger partial charge in [-0.25, -0.2) is 0 Å². The van der Waals surface area contributed by atoms with Gasteiger partial charge in [0.1, 0.15) is 17.5 Å². The summed E-state index contributed by atoms with van der Waals surface area (Å²) in [6.07, 6.45) is 3.28. The zero-order valence-corrected chi connectivity index (χ0v) is 6.20. The van der Waals surface area contributed by atoms with Crippen LogP contribution in [-0.2, 0) is 0 Å². The molecule has 0 aliphatic rings. The zero-order chi connectivity index (χ0) is 8.55. The maximum Gasteiger partial charge on any atom is 0.120 e. The van der Waals surface area contributed by atoms with Crippen molar-refractivity contribution in [1.82, 2.24) is 9.97 Å². The van der Waals surface area contributed by atoms with Crippen LogP contribution in [0.5, 0.6) is 0 Å². The molecule has 0 saturated heterocycles. The van der Waals surface area contributed by atoms with Crippen LogP contribution < -0.4 is 5.73 Å². The highest BCUT2D eigenvalue weighted by molar-refractivity contribution is 5.90. The predicted octanol–water partition coefficient (Wildman–Crippen LogP) is 1.02. The molecule has 0 aliphatic carbocycles. The highest BCUT2D eigenvalue weighted by atomic mass is 14.9. The van der Waals surface area contributed by atoms with E-state index in [1.54, 1.807) is 18.5 Å². The quantitative estimate of drug-likeness (QED) is 0.600. The number of aromatic amines is 1. The van der Waals surface area contributed by atoms with Gasteiger partial charge in [0.25, 0.3) is 0 Å². The van der Waals surface area contributed by atoms with E-state index in [4.69, 9.17) is 11.0 Å². The van der Waals surface area contributed by atoms with E-state index < -0.39 is 0 Å². The first-order valence-electron chi connectivity index (χ1n) is 3.44. The van der Waals surface area contributed by atoms with Crippen molar-refractivity contribution >= 4 is 16.7 Å². The van der Waals surface area contributed by atoms with Gasteiger partial charge in [0, 0.05) is 17.8 Å². The normalized spacial score (nSPS) is 9.92. The lowest BCUT2D eigenvalue weighted by Crippen LogP contribution is -1.86. The lowest BCUT2D eigenvalue weighted by atomic mass is 10.2. The lowest BCUT2D eigenvalue weighted by Gasteiger charge is -1.85. The summed E-state index contributed by atoms with van der Waals surface area (Å²) < 4.78 is 0. The van der Waals surface area contributed by atoms with Crippen LogP contribution in [0.1, 0.15) is 5.56 Å². The van der Waals surface area contributed by atoms with Crippen LogP contribution in [0.2, 0.25) is 0 Å². The van der Waals surface area contributed by atoms with Crippen molar-refractivity contribution in [2.24, 2.45) is 0 Å². The first-order chi connectivity index (χ1) is 5.83. The molecule has 0 saturated carbocycles. The summed E-state index contributed by atoms with van der Waals surface area (Å²) in [7, 11) is 0. The number of rotatable bonds is 0. The smallest absolute Gasteiger partial charge is 0.120 e. The summed E-state index contributed by atoms with van der Waals surface area (Å²) in [6.45, 7) is 0. The van der Waals surface area contributed by atoms with E-state index in [9.17, 15) is 0 Å². The van der Waals surface area contributed by atoms with E-state index in [-0.39, 0.29) is 0 Å². The maximum atomic E-state index is 8.73. The number of nitrogens with two attached hydrogens (primary N) is 1. The molecule has 4 heteroatoms. The minimum atomic E-state index is 0.403. The number of H-pyrrole nitrogens is 1. The molecule has 58 valence electrons. The molecular weight excluding hydrogens is 152 g/mol. The molecule has 12 heavy (non-hydrogen) atoms. The van der Waals surface area contributed by atoms with Gasteiger partial charge in [0.05, 0.1) is 5.52 Å². The van der Waals surface area contributed by atoms with E-state index in [2.05, 4.69) is 9.97 Å². The molecule has 0 spiro atoms. The van der Waals surface area contributed by atoms with Crippen molar-refractivity contribution in [3.8, 4) is 6.07 Å². The Kier molecular flexibility index (Phi) is 1.25. The van der Waals surface area contributed by atoms with Gasteiger partial charge in [0.15, 0.2) is 0 Å². The van der Waals surface area contributed by atoms with Crippen LogP contribution in [0.4, 0.5) is 5.82 Å². The molecular formula is C8H6N4. The Bertz CT molecular complexity index is 463. The zero-order valence-electron chi connectivity index (χ0n) is 6.20. The molecule has 0 aliphatic heterocycles. The van der Waals surface area contributed by atoms with Crippen LogP contribution in [-0.4, -0.2) is 9.97 Å². The summed E-state index contributed by atoms with van der Waals surface area (Å²) in [5.41, 5.74) is 6.87. The van der Waals surface area contributed by atoms with Crippen molar-refractivity contribution in [2.45, 2.75) is 0 Å². The molecule has 2 heterocycles. The van der Waals surface area contributed by atoms with Crippen molar-refractivity contribution in [1.29, 1.82) is 5.26 Å². The number of nitrogens with zero attached hydrogens (tertiary/aromatic N) is 2. The second-order valence-electron chi connectivity index (χ2n) is 2.45. The lowest BCUT2D eigenvalue weighted by molar-refractivity contribution is 1.36. The average molecular weight is 158 g/mol. The monoisotopic (exact) mass is 158 g/mol. The summed E-state index contributed by atoms with van der Waals surface area (Å²) in [6, 6.07) is 3.81. The number of hydrogen-bond acceptors (Lipinski definition) is 3. The summed E-state index contributed by atoms with van der Waals surface area (Å²) >= 11 is 0. The van der Waals surface area contributed by atoms with Gasteiger partial charge in [-0.3, -0.25) is 4.98 Å². The topological polar surface area (TPSA) is 78.5 Å². The Hall–Kier alpha value is -2.02. The molecule has 0 fully saturated rings. The van der Waals surface area contributed by atoms with E-state index in [1.165, 1.54) is 0 Å². The molecule has 3 N–H and O–H groups in total. The summed E-state index contributed by atoms with van der Waals surface area (Å²) in [5.74, 6) is 0.403. The van der Waals surface area contributed by atoms with Crippen LogP contribution in [0.25, 0.3) is 10.9 Å². The van der Waals surface area contributed by atoms with Crippen LogP contribution in [0, 0.1) is 11.3 Å². The van der Waals surface area contributed by atoms with Crippen molar-refractivity contribution in [2.75, 3.05) is 5.73 Å². The Morgan fingerprint density at radius 2 is 2.42 bits per heavy atom. The van der Waals surface area contributed by atoms with Gasteiger partial charge in [-0.1, -0.05) is 0 Å². The Morgan fingerprint density at radius 1 is 1.58 bits per heavy atom. The molecule has 0 atom stereocenters. The third kappa shape index (κ3) is 0.736. The molecule has 0 aromatic carbocycles. The van der Waals surface area contributed by atoms with Crippen LogP contribution >= 0.6 is 0 Å². The third-order valence-corrected chi connectivity index (χ3v) is 1.74. The highest BCUT2D eigenvalue weighted by Crippen LogP contribution is 2.21. The first-order valence-corrected chi connectivity index (χ1v) is 3.44. The average Bonchev–Trinajstić information content (AvgIpc) is 2.40. The molecule has 2 aromatic rings. The van der Waals surface area contributed by atoms with E-state index in [0.717, 1.165) is 10.9 Å². The summed E-state index contributed by atoms with van der Waals surface area (Å²) in [5, 5.41) is 9.50. The number of hydrogen-bond donors (Lipinski definition) is 2. The standard InChI is InChI=1S/C8H6N4/c9-3-5-6-4-11-2-1-7(6)12-8(5)10/h1-2,4,12H,10H2. The number of fused-ring (bicyclic) bond motifs is 1. The van der Waals surface area contributed by atoms with Gasteiger partial charge in [-0.05, 0) is 6.07 Å². The number of aromatic nitrogens is 2. The Balaban J connectivity index is 2.93. The molecule has 2 rings (SSSR count). The Morgan fingerprint density at radius 3 is 3.17 bits per heavy atom. The van der Waals surface area contributed by atoms with Crippen molar-refractivity contribution in [3.63, 3.8) is 0 Å². The number of nitriles is 1. The molecule has 4 nitrogen and oxygen atoms in total. The maximum absolute atomic E-state index is 8.73. The molecule has 0 unspecified atom stereocenters. The minimum Gasteiger partial charge on any atom is -0.384 e. The predicted molar refractivity (Wildman–Crippen MR) is 45.2 cm³/mol. The van der Waals surface area contributed by atoms with Gasteiger partial charge in [-0.15, -0.1) is 0 Å². The van der Waals surface area contributed by atoms with Crippen LogP contribution in [0.3, 0.4) is 0 Å². The number of pyridine rings is 1. The third-order valence-electron chi connectivity index (χ3n) is 1.74. The van der Waals surface area contributed by atoms with Gasteiger partial charge in [-0.2, -0.15) is 5.26 Å². The van der Waals surface area contributed by atoms with E-state index in [0.29, 0.717) is 11.4 Å². The van der Waals surface area contributed by atoms with Crippen molar-refractivity contribution < 1.29 is 0 Å². The molecule has 0 bridgehead atoms. The number of nitrogens with one attached hydrogen (secondary N) is 1. The fourth-order valence-electron chi connectivity index (χ4n) is 1.18. The van der Waals surface area contributed by atoms with Gasteiger partial charge >= 0.3 is 0 Å². The molecule has 0 amide bonds. The largest absolute Gasteiger partial charge is 0.384 e. The number of nitrogen functional groups attached to an aromatic ring is 1. The SMILES string of the molecule is N#Cc1c(N)[nH]c2ccncc12. The van der Waals surface area contributed by atoms with Gasteiger partial charge in [0.2, 0.25) is 0 Å². The second kappa shape index (κ2) is 2.24. The number of anilines is 1. The minimum absolute atomic E-state index is 0.403. The highest BCUT2D eigenvalue weighted by Gasteiger charge is 2.06. The Labute approximate surface area is 68.6 Å². The fraction of sp³-hybridized carbons (Fsp3) is 0. The van der Waals surface area contributed by atoms with Gasteiger partial charge < -0.3 is 10.7 Å². The van der Waals surface area contributed by atoms with E-state index in [1.807, 2.05) is 6.07 Å². The molecule has 0 radical (unpaired) electrons. The summed E-state index contributed by atoms with van der Waals surface area (Å²) in [4.78, 5) is 6.80.